The van der Waals surface area contributed by atoms with Crippen LogP contribution in [-0.4, -0.2) is 12.6 Å². The molecule has 0 spiro atoms. The van der Waals surface area contributed by atoms with E-state index in [9.17, 15) is 0 Å². The number of benzene rings is 1. The topological polar surface area (TPSA) is 21.3 Å². The molecule has 1 N–H and O–H groups in total. The van der Waals surface area contributed by atoms with Crippen LogP contribution in [0.15, 0.2) is 22.7 Å². The van der Waals surface area contributed by atoms with Crippen LogP contribution in [0, 0.1) is 5.92 Å². The van der Waals surface area contributed by atoms with E-state index in [1.54, 1.807) is 0 Å². The average molecular weight is 340 g/mol. The molecular formula is C17H26BrNO. The van der Waals surface area contributed by atoms with Gasteiger partial charge in [0.05, 0.1) is 12.7 Å². The van der Waals surface area contributed by atoms with E-state index in [1.165, 1.54) is 36.8 Å². The SMILES string of the molecule is CCNCc1ccc(COC2CCCCC2C)c(Br)c1. The second-order valence-electron chi connectivity index (χ2n) is 5.82. The normalized spacial score (nSPS) is 22.9. The van der Waals surface area contributed by atoms with E-state index in [1.807, 2.05) is 0 Å². The van der Waals surface area contributed by atoms with E-state index in [2.05, 4.69) is 53.3 Å². The summed E-state index contributed by atoms with van der Waals surface area (Å²) in [4.78, 5) is 0. The predicted molar refractivity (Wildman–Crippen MR) is 87.7 cm³/mol. The predicted octanol–water partition coefficient (Wildman–Crippen LogP) is 4.65. The molecule has 3 heteroatoms. The van der Waals surface area contributed by atoms with Gasteiger partial charge in [0.15, 0.2) is 0 Å². The van der Waals surface area contributed by atoms with Crippen LogP contribution in [0.5, 0.6) is 0 Å². The maximum atomic E-state index is 6.14. The van der Waals surface area contributed by atoms with Gasteiger partial charge in [-0.25, -0.2) is 0 Å². The third kappa shape index (κ3) is 4.57. The van der Waals surface area contributed by atoms with E-state index in [4.69, 9.17) is 4.74 Å². The van der Waals surface area contributed by atoms with Crippen molar-refractivity contribution < 1.29 is 4.74 Å². The molecule has 112 valence electrons. The lowest BCUT2D eigenvalue weighted by Crippen LogP contribution is -2.25. The van der Waals surface area contributed by atoms with E-state index in [-0.39, 0.29) is 0 Å². The van der Waals surface area contributed by atoms with Crippen LogP contribution < -0.4 is 5.32 Å². The zero-order valence-electron chi connectivity index (χ0n) is 12.6. The molecule has 0 heterocycles. The lowest BCUT2D eigenvalue weighted by atomic mass is 9.88. The van der Waals surface area contributed by atoms with Crippen molar-refractivity contribution in [3.63, 3.8) is 0 Å². The highest BCUT2D eigenvalue weighted by Crippen LogP contribution is 2.28. The van der Waals surface area contributed by atoms with Crippen molar-refractivity contribution in [1.29, 1.82) is 0 Å². The third-order valence-electron chi connectivity index (χ3n) is 4.18. The van der Waals surface area contributed by atoms with Gasteiger partial charge in [0, 0.05) is 11.0 Å². The fourth-order valence-corrected chi connectivity index (χ4v) is 3.35. The summed E-state index contributed by atoms with van der Waals surface area (Å²) in [5, 5.41) is 3.35. The van der Waals surface area contributed by atoms with Crippen LogP contribution in [-0.2, 0) is 17.9 Å². The number of nitrogens with one attached hydrogen (secondary N) is 1. The minimum absolute atomic E-state index is 0.442. The minimum Gasteiger partial charge on any atom is -0.373 e. The molecule has 2 rings (SSSR count). The van der Waals surface area contributed by atoms with Gasteiger partial charge < -0.3 is 10.1 Å². The highest BCUT2D eigenvalue weighted by Gasteiger charge is 2.21. The molecule has 2 atom stereocenters. The largest absolute Gasteiger partial charge is 0.373 e. The average Bonchev–Trinajstić information content (AvgIpc) is 2.45. The first kappa shape index (κ1) is 16.0. The van der Waals surface area contributed by atoms with Crippen LogP contribution in [0.25, 0.3) is 0 Å². The monoisotopic (exact) mass is 339 g/mol. The lowest BCUT2D eigenvalue weighted by Gasteiger charge is -2.28. The zero-order valence-corrected chi connectivity index (χ0v) is 14.2. The molecule has 1 fully saturated rings. The molecule has 1 aliphatic carbocycles. The highest BCUT2D eigenvalue weighted by atomic mass is 79.9. The summed E-state index contributed by atoms with van der Waals surface area (Å²) in [6.45, 7) is 7.09. The van der Waals surface area contributed by atoms with Crippen LogP contribution in [0.4, 0.5) is 0 Å². The molecular weight excluding hydrogens is 314 g/mol. The summed E-state index contributed by atoms with van der Waals surface area (Å²) in [5.74, 6) is 0.704. The number of rotatable bonds is 6. The van der Waals surface area contributed by atoms with Crippen LogP contribution in [0.1, 0.15) is 50.7 Å². The molecule has 1 aromatic rings. The van der Waals surface area contributed by atoms with Gasteiger partial charge in [-0.05, 0) is 42.5 Å². The molecule has 2 unspecified atom stereocenters. The van der Waals surface area contributed by atoms with Gasteiger partial charge in [-0.15, -0.1) is 0 Å². The van der Waals surface area contributed by atoms with E-state index >= 15 is 0 Å². The van der Waals surface area contributed by atoms with Crippen molar-refractivity contribution in [2.45, 2.75) is 58.8 Å². The van der Waals surface area contributed by atoms with Gasteiger partial charge in [0.2, 0.25) is 0 Å². The summed E-state index contributed by atoms with van der Waals surface area (Å²) in [5.41, 5.74) is 2.57. The molecule has 1 saturated carbocycles. The summed E-state index contributed by atoms with van der Waals surface area (Å²) in [6, 6.07) is 6.58. The Balaban J connectivity index is 1.89. The maximum absolute atomic E-state index is 6.14. The van der Waals surface area contributed by atoms with Crippen molar-refractivity contribution in [3.8, 4) is 0 Å². The van der Waals surface area contributed by atoms with Crippen molar-refractivity contribution in [2.24, 2.45) is 5.92 Å². The molecule has 20 heavy (non-hydrogen) atoms. The van der Waals surface area contributed by atoms with Crippen molar-refractivity contribution in [2.75, 3.05) is 6.54 Å². The Morgan fingerprint density at radius 3 is 2.80 bits per heavy atom. The summed E-state index contributed by atoms with van der Waals surface area (Å²) >= 11 is 3.67. The quantitative estimate of drug-likeness (QED) is 0.814. The summed E-state index contributed by atoms with van der Waals surface area (Å²) in [6.07, 6.45) is 5.66. The van der Waals surface area contributed by atoms with Gasteiger partial charge in [-0.1, -0.05) is 54.8 Å². The molecule has 1 aliphatic rings. The molecule has 0 radical (unpaired) electrons. The standard InChI is InChI=1S/C17H26BrNO/c1-3-19-11-14-8-9-15(16(18)10-14)12-20-17-7-5-4-6-13(17)2/h8-10,13,17,19H,3-7,11-12H2,1-2H3. The zero-order chi connectivity index (χ0) is 14.4. The Bertz CT molecular complexity index is 421. The van der Waals surface area contributed by atoms with Gasteiger partial charge in [-0.2, -0.15) is 0 Å². The Labute approximate surface area is 131 Å². The number of hydrogen-bond donors (Lipinski definition) is 1. The molecule has 0 saturated heterocycles. The molecule has 0 aliphatic heterocycles. The van der Waals surface area contributed by atoms with Crippen LogP contribution in [0.3, 0.4) is 0 Å². The first-order valence-corrected chi connectivity index (χ1v) is 8.59. The van der Waals surface area contributed by atoms with Crippen LogP contribution >= 0.6 is 15.9 Å². The molecule has 2 nitrogen and oxygen atoms in total. The fourth-order valence-electron chi connectivity index (χ4n) is 2.81. The van der Waals surface area contributed by atoms with E-state index in [0.29, 0.717) is 12.0 Å². The molecule has 0 bridgehead atoms. The summed E-state index contributed by atoms with van der Waals surface area (Å²) < 4.78 is 7.30. The minimum atomic E-state index is 0.442. The highest BCUT2D eigenvalue weighted by molar-refractivity contribution is 9.10. The Kier molecular flexibility index (Phi) is 6.53. The number of hydrogen-bond acceptors (Lipinski definition) is 2. The first-order chi connectivity index (χ1) is 9.70. The first-order valence-electron chi connectivity index (χ1n) is 7.80. The Morgan fingerprint density at radius 2 is 2.10 bits per heavy atom. The van der Waals surface area contributed by atoms with Crippen molar-refractivity contribution >= 4 is 15.9 Å². The van der Waals surface area contributed by atoms with E-state index < -0.39 is 0 Å². The van der Waals surface area contributed by atoms with Gasteiger partial charge in [0.1, 0.15) is 0 Å². The van der Waals surface area contributed by atoms with E-state index in [0.717, 1.165) is 24.2 Å². The number of halogens is 1. The molecule has 1 aromatic carbocycles. The third-order valence-corrected chi connectivity index (χ3v) is 4.92. The van der Waals surface area contributed by atoms with Crippen LogP contribution in [0.2, 0.25) is 0 Å². The molecule has 0 aromatic heterocycles. The second-order valence-corrected chi connectivity index (χ2v) is 6.67. The summed E-state index contributed by atoms with van der Waals surface area (Å²) in [7, 11) is 0. The van der Waals surface area contributed by atoms with Crippen molar-refractivity contribution in [3.05, 3.63) is 33.8 Å². The van der Waals surface area contributed by atoms with Gasteiger partial charge in [-0.3, -0.25) is 0 Å². The Morgan fingerprint density at radius 1 is 1.30 bits per heavy atom. The van der Waals surface area contributed by atoms with Crippen molar-refractivity contribution in [1.82, 2.24) is 5.32 Å². The maximum Gasteiger partial charge on any atom is 0.0731 e. The smallest absolute Gasteiger partial charge is 0.0731 e. The number of ether oxygens (including phenoxy) is 1. The second kappa shape index (κ2) is 8.16. The van der Waals surface area contributed by atoms with Gasteiger partial charge >= 0.3 is 0 Å². The molecule has 0 amide bonds. The fraction of sp³-hybridized carbons (Fsp3) is 0.647. The lowest BCUT2D eigenvalue weighted by molar-refractivity contribution is -0.0156. The Hall–Kier alpha value is -0.380. The van der Waals surface area contributed by atoms with Gasteiger partial charge in [0.25, 0.3) is 0 Å².